The van der Waals surface area contributed by atoms with Gasteiger partial charge in [-0.05, 0) is 46.3 Å². The summed E-state index contributed by atoms with van der Waals surface area (Å²) in [5, 5.41) is 10.4. The van der Waals surface area contributed by atoms with E-state index >= 15 is 0 Å². The Morgan fingerprint density at radius 1 is 1.38 bits per heavy atom. The van der Waals surface area contributed by atoms with Crippen molar-refractivity contribution in [1.82, 2.24) is 9.80 Å². The topological polar surface area (TPSA) is 26.7 Å². The van der Waals surface area contributed by atoms with E-state index in [4.69, 9.17) is 0 Å². The fourth-order valence-corrected chi connectivity index (χ4v) is 2.58. The maximum absolute atomic E-state index is 10.4. The lowest BCUT2D eigenvalue weighted by Crippen LogP contribution is -2.52. The van der Waals surface area contributed by atoms with E-state index in [0.29, 0.717) is 0 Å². The van der Waals surface area contributed by atoms with Gasteiger partial charge in [0, 0.05) is 19.1 Å². The highest BCUT2D eigenvalue weighted by Gasteiger charge is 2.36. The van der Waals surface area contributed by atoms with E-state index in [9.17, 15) is 5.11 Å². The number of hydrogen-bond acceptors (Lipinski definition) is 3. The van der Waals surface area contributed by atoms with Gasteiger partial charge in [-0.25, -0.2) is 0 Å². The van der Waals surface area contributed by atoms with Gasteiger partial charge in [-0.2, -0.15) is 0 Å². The first kappa shape index (κ1) is 13.9. The predicted molar refractivity (Wildman–Crippen MR) is 68.7 cm³/mol. The van der Waals surface area contributed by atoms with Gasteiger partial charge in [0.1, 0.15) is 0 Å². The summed E-state index contributed by atoms with van der Waals surface area (Å²) in [6.45, 7) is 6.82. The lowest BCUT2D eigenvalue weighted by molar-refractivity contribution is -0.0441. The van der Waals surface area contributed by atoms with Crippen molar-refractivity contribution in [2.75, 3.05) is 33.7 Å². The van der Waals surface area contributed by atoms with Crippen LogP contribution in [0.4, 0.5) is 0 Å². The van der Waals surface area contributed by atoms with Crippen molar-refractivity contribution < 1.29 is 5.11 Å². The zero-order valence-electron chi connectivity index (χ0n) is 11.4. The van der Waals surface area contributed by atoms with Crippen molar-refractivity contribution in [3.8, 4) is 0 Å². The molecule has 1 unspecified atom stereocenters. The molecule has 1 atom stereocenters. The molecule has 1 aliphatic heterocycles. The molecule has 1 heterocycles. The molecule has 3 nitrogen and oxygen atoms in total. The molecule has 96 valence electrons. The van der Waals surface area contributed by atoms with Crippen molar-refractivity contribution in [2.24, 2.45) is 0 Å². The fourth-order valence-electron chi connectivity index (χ4n) is 2.58. The molecule has 1 saturated carbocycles. The van der Waals surface area contributed by atoms with Crippen molar-refractivity contribution in [2.45, 2.75) is 51.2 Å². The standard InChI is InChI=1S/C11H22N2O.C2H6/c1-12-7-3-6-11(14,8-12)9-13(2)10-4-5-10;1-2/h10,14H,3-9H2,1-2H3;1-2H3. The molecular weight excluding hydrogens is 200 g/mol. The number of β-amino-alcohol motifs (C(OH)–C–C–N with tert-alkyl or cyclic N) is 1. The van der Waals surface area contributed by atoms with Gasteiger partial charge in [0.15, 0.2) is 0 Å². The number of likely N-dealkylation sites (N-methyl/N-ethyl adjacent to an activating group) is 2. The quantitative estimate of drug-likeness (QED) is 0.794. The maximum Gasteiger partial charge on any atom is 0.0900 e. The second-order valence-electron chi connectivity index (χ2n) is 5.21. The number of likely N-dealkylation sites (tertiary alicyclic amines) is 1. The third-order valence-electron chi connectivity index (χ3n) is 3.46. The van der Waals surface area contributed by atoms with Crippen LogP contribution in [0, 0.1) is 0 Å². The van der Waals surface area contributed by atoms with Crippen molar-refractivity contribution >= 4 is 0 Å². The highest BCUT2D eigenvalue weighted by molar-refractivity contribution is 4.92. The van der Waals surface area contributed by atoms with Gasteiger partial charge in [0.05, 0.1) is 5.60 Å². The van der Waals surface area contributed by atoms with Crippen LogP contribution in [0.1, 0.15) is 39.5 Å². The average molecular weight is 228 g/mol. The fraction of sp³-hybridized carbons (Fsp3) is 1.00. The Balaban J connectivity index is 0.000000606. The van der Waals surface area contributed by atoms with Crippen LogP contribution >= 0.6 is 0 Å². The van der Waals surface area contributed by atoms with Crippen LogP contribution in [-0.2, 0) is 0 Å². The van der Waals surface area contributed by atoms with Crippen molar-refractivity contribution in [3.63, 3.8) is 0 Å². The largest absolute Gasteiger partial charge is 0.387 e. The third kappa shape index (κ3) is 4.04. The van der Waals surface area contributed by atoms with E-state index in [1.54, 1.807) is 0 Å². The molecule has 0 spiro atoms. The molecule has 3 heteroatoms. The van der Waals surface area contributed by atoms with E-state index in [2.05, 4.69) is 23.9 Å². The van der Waals surface area contributed by atoms with E-state index in [0.717, 1.165) is 38.5 Å². The minimum absolute atomic E-state index is 0.454. The third-order valence-corrected chi connectivity index (χ3v) is 3.46. The van der Waals surface area contributed by atoms with Crippen LogP contribution in [0.5, 0.6) is 0 Å². The molecule has 1 N–H and O–H groups in total. The monoisotopic (exact) mass is 228 g/mol. The first-order chi connectivity index (χ1) is 7.59. The number of nitrogens with zero attached hydrogens (tertiary/aromatic N) is 2. The molecule has 0 aromatic rings. The molecule has 0 aromatic heterocycles. The summed E-state index contributed by atoms with van der Waals surface area (Å²) in [7, 11) is 4.24. The lowest BCUT2D eigenvalue weighted by Gasteiger charge is -2.39. The van der Waals surface area contributed by atoms with Gasteiger partial charge >= 0.3 is 0 Å². The van der Waals surface area contributed by atoms with E-state index in [-0.39, 0.29) is 0 Å². The Morgan fingerprint density at radius 3 is 2.50 bits per heavy atom. The van der Waals surface area contributed by atoms with Crippen LogP contribution in [0.25, 0.3) is 0 Å². The highest BCUT2D eigenvalue weighted by atomic mass is 16.3. The minimum Gasteiger partial charge on any atom is -0.387 e. The van der Waals surface area contributed by atoms with Crippen molar-refractivity contribution in [1.29, 1.82) is 0 Å². The molecule has 2 aliphatic rings. The van der Waals surface area contributed by atoms with Crippen LogP contribution in [0.3, 0.4) is 0 Å². The zero-order valence-corrected chi connectivity index (χ0v) is 11.4. The molecule has 1 saturated heterocycles. The summed E-state index contributed by atoms with van der Waals surface area (Å²) in [4.78, 5) is 4.57. The maximum atomic E-state index is 10.4. The second kappa shape index (κ2) is 5.99. The molecule has 0 bridgehead atoms. The highest BCUT2D eigenvalue weighted by Crippen LogP contribution is 2.29. The summed E-state index contributed by atoms with van der Waals surface area (Å²) in [5.41, 5.74) is -0.454. The molecule has 1 aliphatic carbocycles. The minimum atomic E-state index is -0.454. The number of rotatable bonds is 3. The van der Waals surface area contributed by atoms with E-state index in [1.165, 1.54) is 12.8 Å². The summed E-state index contributed by atoms with van der Waals surface area (Å²) in [5.74, 6) is 0. The molecular formula is C13H28N2O. The molecule has 0 aromatic carbocycles. The summed E-state index contributed by atoms with van der Waals surface area (Å²) in [6, 6.07) is 0.756. The Hall–Kier alpha value is -0.120. The van der Waals surface area contributed by atoms with Crippen molar-refractivity contribution in [3.05, 3.63) is 0 Å². The summed E-state index contributed by atoms with van der Waals surface area (Å²) in [6.07, 6.45) is 4.74. The molecule has 0 amide bonds. The Bertz CT molecular complexity index is 206. The zero-order chi connectivity index (χ0) is 12.2. The summed E-state index contributed by atoms with van der Waals surface area (Å²) >= 11 is 0. The second-order valence-corrected chi connectivity index (χ2v) is 5.21. The Morgan fingerprint density at radius 2 is 2.00 bits per heavy atom. The first-order valence-corrected chi connectivity index (χ1v) is 6.70. The van der Waals surface area contributed by atoms with Gasteiger partial charge in [-0.15, -0.1) is 0 Å². The predicted octanol–water partition coefficient (Wildman–Crippen LogP) is 1.56. The average Bonchev–Trinajstić information content (AvgIpc) is 3.02. The Labute approximate surface area is 100 Å². The lowest BCUT2D eigenvalue weighted by atomic mass is 9.92. The molecule has 2 rings (SSSR count). The van der Waals surface area contributed by atoms with Crippen LogP contribution in [-0.4, -0.2) is 60.3 Å². The van der Waals surface area contributed by atoms with Gasteiger partial charge in [0.2, 0.25) is 0 Å². The number of hydrogen-bond donors (Lipinski definition) is 1. The number of aliphatic hydroxyl groups is 1. The SMILES string of the molecule is CC.CN1CCCC(O)(CN(C)C2CC2)C1. The van der Waals surface area contributed by atoms with Gasteiger partial charge in [0.25, 0.3) is 0 Å². The van der Waals surface area contributed by atoms with Gasteiger partial charge in [-0.1, -0.05) is 13.8 Å². The smallest absolute Gasteiger partial charge is 0.0900 e. The van der Waals surface area contributed by atoms with Crippen LogP contribution < -0.4 is 0 Å². The molecule has 2 fully saturated rings. The van der Waals surface area contributed by atoms with Gasteiger partial charge < -0.3 is 14.9 Å². The Kier molecular flexibility index (Phi) is 5.22. The normalized spacial score (nSPS) is 31.1. The van der Waals surface area contributed by atoms with Crippen LogP contribution in [0.15, 0.2) is 0 Å². The van der Waals surface area contributed by atoms with E-state index < -0.39 is 5.60 Å². The summed E-state index contributed by atoms with van der Waals surface area (Å²) < 4.78 is 0. The number of piperidine rings is 1. The molecule has 0 radical (unpaired) electrons. The molecule has 16 heavy (non-hydrogen) atoms. The van der Waals surface area contributed by atoms with Gasteiger partial charge in [-0.3, -0.25) is 0 Å². The van der Waals surface area contributed by atoms with E-state index in [1.807, 2.05) is 13.8 Å². The first-order valence-electron chi connectivity index (χ1n) is 6.70. The van der Waals surface area contributed by atoms with Crippen LogP contribution in [0.2, 0.25) is 0 Å².